The van der Waals surface area contributed by atoms with Crippen molar-refractivity contribution in [2.75, 3.05) is 4.43 Å². The Kier molecular flexibility index (Phi) is 5.05. The van der Waals surface area contributed by atoms with Crippen molar-refractivity contribution < 1.29 is 48.3 Å². The van der Waals surface area contributed by atoms with Crippen molar-refractivity contribution in [1.29, 1.82) is 0 Å². The van der Waals surface area contributed by atoms with Crippen LogP contribution in [-0.2, 0) is 0 Å². The molecule has 0 aromatic carbocycles. The first-order valence-corrected chi connectivity index (χ1v) is 5.73. The monoisotopic (exact) mass is 424 g/mol. The molecule has 0 aromatic rings. The third-order valence-corrected chi connectivity index (χ3v) is 2.55. The summed E-state index contributed by atoms with van der Waals surface area (Å²) in [6.45, 7) is 0. The van der Waals surface area contributed by atoms with E-state index in [1.54, 1.807) is 0 Å². The summed E-state index contributed by atoms with van der Waals surface area (Å²) in [6, 6.07) is 0. The second kappa shape index (κ2) is 5.06. The van der Waals surface area contributed by atoms with E-state index in [1.165, 1.54) is 0 Å². The minimum absolute atomic E-state index is 0.853. The second-order valence-electron chi connectivity index (χ2n) is 3.36. The molecule has 0 bridgehead atoms. The van der Waals surface area contributed by atoms with Crippen molar-refractivity contribution in [3.8, 4) is 0 Å². The van der Waals surface area contributed by atoms with Gasteiger partial charge in [-0.05, 0) is 0 Å². The van der Waals surface area contributed by atoms with Crippen molar-refractivity contribution in [3.63, 3.8) is 0 Å². The van der Waals surface area contributed by atoms with Crippen molar-refractivity contribution in [1.82, 2.24) is 0 Å². The van der Waals surface area contributed by atoms with E-state index in [0.29, 0.717) is 0 Å². The van der Waals surface area contributed by atoms with Crippen LogP contribution < -0.4 is 0 Å². The first-order valence-electron chi connectivity index (χ1n) is 4.20. The zero-order valence-electron chi connectivity index (χ0n) is 8.45. The highest BCUT2D eigenvalue weighted by molar-refractivity contribution is 14.1. The van der Waals surface area contributed by atoms with Crippen LogP contribution in [0.2, 0.25) is 0 Å². The highest BCUT2D eigenvalue weighted by Crippen LogP contribution is 2.57. The van der Waals surface area contributed by atoms with Crippen LogP contribution in [0.3, 0.4) is 0 Å². The summed E-state index contributed by atoms with van der Waals surface area (Å²) in [5.41, 5.74) is 0. The lowest BCUT2D eigenvalue weighted by Gasteiger charge is -2.37. The molecule has 0 saturated heterocycles. The Labute approximate surface area is 112 Å². The third kappa shape index (κ3) is 2.86. The minimum atomic E-state index is -7.29. The van der Waals surface area contributed by atoms with Gasteiger partial charge in [-0.2, -0.15) is 48.3 Å². The SMILES string of the molecule is FC(F)(F)C(F)(F)C(F)(F)C(F)(F)C(F)(F)CCI. The van der Waals surface area contributed by atoms with Gasteiger partial charge in [0.05, 0.1) is 0 Å². The fraction of sp³-hybridized carbons (Fsp3) is 1.00. The van der Waals surface area contributed by atoms with Crippen molar-refractivity contribution >= 4 is 22.6 Å². The number of hydrogen-bond acceptors (Lipinski definition) is 0. The summed E-state index contributed by atoms with van der Waals surface area (Å²) in [7, 11) is 0. The third-order valence-electron chi connectivity index (χ3n) is 2.01. The fourth-order valence-electron chi connectivity index (χ4n) is 0.881. The van der Waals surface area contributed by atoms with E-state index in [2.05, 4.69) is 0 Å². The molecule has 0 unspecified atom stereocenters. The maximum Gasteiger partial charge on any atom is 0.460 e. The van der Waals surface area contributed by atoms with E-state index in [9.17, 15) is 48.3 Å². The normalized spacial score (nSPS) is 15.8. The Morgan fingerprint density at radius 2 is 0.947 bits per heavy atom. The molecule has 0 nitrogen and oxygen atoms in total. The van der Waals surface area contributed by atoms with Crippen LogP contribution in [0.1, 0.15) is 6.42 Å². The van der Waals surface area contributed by atoms with Gasteiger partial charge >= 0.3 is 29.9 Å². The van der Waals surface area contributed by atoms with E-state index in [0.717, 1.165) is 22.6 Å². The van der Waals surface area contributed by atoms with E-state index in [4.69, 9.17) is 0 Å². The molecule has 0 spiro atoms. The van der Waals surface area contributed by atoms with Gasteiger partial charge in [-0.1, -0.05) is 22.6 Å². The highest BCUT2D eigenvalue weighted by atomic mass is 127. The maximum atomic E-state index is 12.7. The quantitative estimate of drug-likeness (QED) is 0.334. The van der Waals surface area contributed by atoms with Gasteiger partial charge in [0.2, 0.25) is 0 Å². The van der Waals surface area contributed by atoms with Crippen molar-refractivity contribution in [2.24, 2.45) is 0 Å². The highest BCUT2D eigenvalue weighted by Gasteiger charge is 2.86. The van der Waals surface area contributed by atoms with Crippen LogP contribution >= 0.6 is 22.6 Å². The predicted molar refractivity (Wildman–Crippen MR) is 49.3 cm³/mol. The Morgan fingerprint density at radius 3 is 1.21 bits per heavy atom. The number of halogens is 12. The molecule has 0 amide bonds. The standard InChI is InChI=1S/C7H4F11I/c8-3(9,1-2-19)4(10,11)5(12,13)6(14,15)7(16,17)18/h1-2H2. The lowest BCUT2D eigenvalue weighted by Crippen LogP contribution is -2.66. The molecule has 0 fully saturated rings. The average molecular weight is 424 g/mol. The lowest BCUT2D eigenvalue weighted by molar-refractivity contribution is -0.422. The molecule has 0 aliphatic rings. The molecular weight excluding hydrogens is 420 g/mol. The van der Waals surface area contributed by atoms with Crippen LogP contribution in [0, 0.1) is 0 Å². The first-order chi connectivity index (χ1) is 8.06. The molecule has 116 valence electrons. The van der Waals surface area contributed by atoms with Gasteiger partial charge in [-0.3, -0.25) is 0 Å². The average Bonchev–Trinajstić information content (AvgIpc) is 2.14. The molecule has 0 heterocycles. The smallest absolute Gasteiger partial charge is 0.200 e. The molecule has 0 rings (SSSR count). The van der Waals surface area contributed by atoms with Crippen LogP contribution in [0.15, 0.2) is 0 Å². The minimum Gasteiger partial charge on any atom is -0.200 e. The lowest BCUT2D eigenvalue weighted by atomic mass is 9.97. The van der Waals surface area contributed by atoms with Crippen LogP contribution in [0.5, 0.6) is 0 Å². The Balaban J connectivity index is 5.77. The molecule has 0 N–H and O–H groups in total. The molecule has 0 saturated carbocycles. The van der Waals surface area contributed by atoms with Crippen LogP contribution in [-0.4, -0.2) is 34.3 Å². The largest absolute Gasteiger partial charge is 0.460 e. The molecule has 19 heavy (non-hydrogen) atoms. The van der Waals surface area contributed by atoms with Crippen LogP contribution in [0.25, 0.3) is 0 Å². The van der Waals surface area contributed by atoms with Gasteiger partial charge in [0.25, 0.3) is 0 Å². The van der Waals surface area contributed by atoms with Gasteiger partial charge in [-0.15, -0.1) is 0 Å². The zero-order valence-corrected chi connectivity index (χ0v) is 10.6. The van der Waals surface area contributed by atoms with Crippen molar-refractivity contribution in [3.05, 3.63) is 0 Å². The van der Waals surface area contributed by atoms with E-state index in [-0.39, 0.29) is 0 Å². The Hall–Kier alpha value is -0.0400. The first kappa shape index (κ1) is 19.0. The van der Waals surface area contributed by atoms with Gasteiger partial charge in [0.1, 0.15) is 0 Å². The summed E-state index contributed by atoms with van der Waals surface area (Å²) in [5, 5.41) is 0. The number of hydrogen-bond donors (Lipinski definition) is 0. The summed E-state index contributed by atoms with van der Waals surface area (Å²) in [6.07, 6.45) is -9.08. The molecular formula is C7H4F11I. The summed E-state index contributed by atoms with van der Waals surface area (Å²) < 4.78 is 135. The van der Waals surface area contributed by atoms with Gasteiger partial charge < -0.3 is 0 Å². The van der Waals surface area contributed by atoms with Gasteiger partial charge in [0, 0.05) is 10.8 Å². The Morgan fingerprint density at radius 1 is 0.579 bits per heavy atom. The van der Waals surface area contributed by atoms with Gasteiger partial charge in [-0.25, -0.2) is 0 Å². The summed E-state index contributed by atoms with van der Waals surface area (Å²) in [4.78, 5) is 0. The number of alkyl halides is 12. The molecule has 0 aromatic heterocycles. The molecule has 0 aliphatic heterocycles. The zero-order chi connectivity index (χ0) is 15.9. The molecule has 0 atom stereocenters. The molecule has 0 radical (unpaired) electrons. The maximum absolute atomic E-state index is 12.7. The topological polar surface area (TPSA) is 0 Å². The summed E-state index contributed by atoms with van der Waals surface area (Å²) >= 11 is 1.05. The molecule has 12 heteroatoms. The predicted octanol–water partition coefficient (Wildman–Crippen LogP) is 4.92. The van der Waals surface area contributed by atoms with Crippen LogP contribution in [0.4, 0.5) is 48.3 Å². The summed E-state index contributed by atoms with van der Waals surface area (Å²) in [5.74, 6) is -27.2. The van der Waals surface area contributed by atoms with Crippen molar-refractivity contribution in [2.45, 2.75) is 36.3 Å². The second-order valence-corrected chi connectivity index (χ2v) is 4.44. The van der Waals surface area contributed by atoms with E-state index < -0.39 is 40.7 Å². The Bertz CT molecular complexity index is 317. The van der Waals surface area contributed by atoms with E-state index in [1.807, 2.05) is 0 Å². The fourth-order valence-corrected chi connectivity index (χ4v) is 1.56. The van der Waals surface area contributed by atoms with Gasteiger partial charge in [0.15, 0.2) is 0 Å². The molecule has 0 aliphatic carbocycles. The van der Waals surface area contributed by atoms with E-state index >= 15 is 0 Å². The number of rotatable bonds is 5.